The Bertz CT molecular complexity index is 367. The predicted octanol–water partition coefficient (Wildman–Crippen LogP) is 2.17. The van der Waals surface area contributed by atoms with Crippen molar-refractivity contribution < 1.29 is 9.84 Å². The summed E-state index contributed by atoms with van der Waals surface area (Å²) in [7, 11) is 0. The molecule has 0 saturated carbocycles. The molecule has 0 bridgehead atoms. The van der Waals surface area contributed by atoms with E-state index in [2.05, 4.69) is 11.9 Å². The van der Waals surface area contributed by atoms with E-state index in [9.17, 15) is 5.11 Å². The lowest BCUT2D eigenvalue weighted by molar-refractivity contribution is -0.108. The van der Waals surface area contributed by atoms with Crippen molar-refractivity contribution in [3.8, 4) is 0 Å². The summed E-state index contributed by atoms with van der Waals surface area (Å²) in [6.07, 6.45) is 6.03. The summed E-state index contributed by atoms with van der Waals surface area (Å²) in [6, 6.07) is 2.02. The Hall–Kier alpha value is -0.930. The van der Waals surface area contributed by atoms with E-state index in [1.165, 1.54) is 0 Å². The molecule has 0 spiro atoms. The molecule has 3 heteroatoms. The van der Waals surface area contributed by atoms with Gasteiger partial charge in [0.15, 0.2) is 0 Å². The number of hydrogen-bond donors (Lipinski definition) is 1. The van der Waals surface area contributed by atoms with Gasteiger partial charge in [0.25, 0.3) is 0 Å². The molecule has 2 atom stereocenters. The van der Waals surface area contributed by atoms with Crippen LogP contribution in [0.5, 0.6) is 0 Å². The standard InChI is InChI=1S/C13H19NO2/c1-3-12-7-13(15,4-5-16-12)11-6-10(2)8-14-9-11/h6,8-9,12,15H,3-5,7H2,1-2H3. The van der Waals surface area contributed by atoms with Crippen LogP contribution in [0.25, 0.3) is 0 Å². The molecule has 1 N–H and O–H groups in total. The first-order chi connectivity index (χ1) is 7.64. The second-order valence-corrected chi connectivity index (χ2v) is 4.64. The zero-order valence-corrected chi connectivity index (χ0v) is 9.94. The second kappa shape index (κ2) is 4.52. The summed E-state index contributed by atoms with van der Waals surface area (Å²) < 4.78 is 5.59. The maximum absolute atomic E-state index is 10.6. The van der Waals surface area contributed by atoms with Crippen molar-refractivity contribution >= 4 is 0 Å². The Balaban J connectivity index is 2.23. The monoisotopic (exact) mass is 221 g/mol. The zero-order valence-electron chi connectivity index (χ0n) is 9.94. The first kappa shape index (κ1) is 11.6. The molecular formula is C13H19NO2. The van der Waals surface area contributed by atoms with Crippen LogP contribution in [0.2, 0.25) is 0 Å². The van der Waals surface area contributed by atoms with Crippen LogP contribution in [-0.2, 0) is 10.3 Å². The summed E-state index contributed by atoms with van der Waals surface area (Å²) in [5, 5.41) is 10.6. The largest absolute Gasteiger partial charge is 0.385 e. The second-order valence-electron chi connectivity index (χ2n) is 4.64. The molecule has 88 valence electrons. The maximum Gasteiger partial charge on any atom is 0.0958 e. The molecule has 0 aromatic carbocycles. The van der Waals surface area contributed by atoms with Crippen molar-refractivity contribution in [2.24, 2.45) is 0 Å². The molecule has 1 fully saturated rings. The minimum absolute atomic E-state index is 0.166. The van der Waals surface area contributed by atoms with Crippen molar-refractivity contribution in [2.45, 2.75) is 44.8 Å². The first-order valence-electron chi connectivity index (χ1n) is 5.90. The van der Waals surface area contributed by atoms with Gasteiger partial charge < -0.3 is 9.84 Å². The average Bonchev–Trinajstić information content (AvgIpc) is 2.29. The van der Waals surface area contributed by atoms with Crippen molar-refractivity contribution in [1.82, 2.24) is 4.98 Å². The van der Waals surface area contributed by atoms with E-state index >= 15 is 0 Å². The van der Waals surface area contributed by atoms with Crippen LogP contribution in [0.15, 0.2) is 18.5 Å². The number of aryl methyl sites for hydroxylation is 1. The molecule has 1 saturated heterocycles. The third-order valence-electron chi connectivity index (χ3n) is 3.30. The molecule has 1 aliphatic rings. The van der Waals surface area contributed by atoms with Crippen LogP contribution in [0.4, 0.5) is 0 Å². The minimum Gasteiger partial charge on any atom is -0.385 e. The molecule has 16 heavy (non-hydrogen) atoms. The summed E-state index contributed by atoms with van der Waals surface area (Å²) in [6.45, 7) is 4.71. The topological polar surface area (TPSA) is 42.4 Å². The summed E-state index contributed by atoms with van der Waals surface area (Å²) in [4.78, 5) is 4.15. The fourth-order valence-electron chi connectivity index (χ4n) is 2.27. The van der Waals surface area contributed by atoms with Crippen LogP contribution in [0, 0.1) is 6.92 Å². The van der Waals surface area contributed by atoms with Crippen LogP contribution in [-0.4, -0.2) is 22.8 Å². The van der Waals surface area contributed by atoms with Gasteiger partial charge >= 0.3 is 0 Å². The van der Waals surface area contributed by atoms with Gasteiger partial charge in [-0.05, 0) is 18.9 Å². The number of ether oxygens (including phenoxy) is 1. The fraction of sp³-hybridized carbons (Fsp3) is 0.615. The van der Waals surface area contributed by atoms with E-state index in [1.54, 1.807) is 6.20 Å². The van der Waals surface area contributed by atoms with Crippen LogP contribution in [0.1, 0.15) is 37.3 Å². The van der Waals surface area contributed by atoms with Crippen molar-refractivity contribution in [1.29, 1.82) is 0 Å². The number of pyridine rings is 1. The Kier molecular flexibility index (Phi) is 3.26. The lowest BCUT2D eigenvalue weighted by Crippen LogP contribution is -2.38. The lowest BCUT2D eigenvalue weighted by Gasteiger charge is -2.36. The van der Waals surface area contributed by atoms with Crippen molar-refractivity contribution in [2.75, 3.05) is 6.61 Å². The average molecular weight is 221 g/mol. The highest BCUT2D eigenvalue weighted by Crippen LogP contribution is 2.35. The number of aliphatic hydroxyl groups is 1. The molecule has 2 heterocycles. The third kappa shape index (κ3) is 2.25. The molecule has 1 aromatic rings. The highest BCUT2D eigenvalue weighted by molar-refractivity contribution is 5.23. The smallest absolute Gasteiger partial charge is 0.0958 e. The van der Waals surface area contributed by atoms with Crippen LogP contribution in [0.3, 0.4) is 0 Å². The Morgan fingerprint density at radius 3 is 3.06 bits per heavy atom. The Morgan fingerprint density at radius 1 is 1.56 bits per heavy atom. The molecule has 1 aliphatic heterocycles. The van der Waals surface area contributed by atoms with Gasteiger partial charge in [0.2, 0.25) is 0 Å². The summed E-state index contributed by atoms with van der Waals surface area (Å²) in [5.74, 6) is 0. The fourth-order valence-corrected chi connectivity index (χ4v) is 2.27. The van der Waals surface area contributed by atoms with Gasteiger partial charge in [-0.2, -0.15) is 0 Å². The number of aromatic nitrogens is 1. The molecule has 2 rings (SSSR count). The van der Waals surface area contributed by atoms with Crippen molar-refractivity contribution in [3.63, 3.8) is 0 Å². The Morgan fingerprint density at radius 2 is 2.38 bits per heavy atom. The Labute approximate surface area is 96.5 Å². The third-order valence-corrected chi connectivity index (χ3v) is 3.30. The van der Waals surface area contributed by atoms with Gasteiger partial charge in [-0.25, -0.2) is 0 Å². The van der Waals surface area contributed by atoms with Gasteiger partial charge in [0, 0.05) is 30.8 Å². The molecular weight excluding hydrogens is 202 g/mol. The number of hydrogen-bond acceptors (Lipinski definition) is 3. The van der Waals surface area contributed by atoms with E-state index in [1.807, 2.05) is 19.2 Å². The minimum atomic E-state index is -0.752. The zero-order chi connectivity index (χ0) is 11.6. The number of nitrogens with zero attached hydrogens (tertiary/aromatic N) is 1. The van der Waals surface area contributed by atoms with E-state index in [-0.39, 0.29) is 6.10 Å². The highest BCUT2D eigenvalue weighted by Gasteiger charge is 2.36. The van der Waals surface area contributed by atoms with E-state index < -0.39 is 5.60 Å². The van der Waals surface area contributed by atoms with Gasteiger partial charge in [-0.15, -0.1) is 0 Å². The van der Waals surface area contributed by atoms with E-state index in [4.69, 9.17) is 4.74 Å². The van der Waals surface area contributed by atoms with E-state index in [0.717, 1.165) is 17.5 Å². The molecule has 2 unspecified atom stereocenters. The lowest BCUT2D eigenvalue weighted by atomic mass is 9.83. The number of rotatable bonds is 2. The molecule has 3 nitrogen and oxygen atoms in total. The highest BCUT2D eigenvalue weighted by atomic mass is 16.5. The predicted molar refractivity (Wildman–Crippen MR) is 62.1 cm³/mol. The normalized spacial score (nSPS) is 30.3. The quantitative estimate of drug-likeness (QED) is 0.832. The molecule has 0 radical (unpaired) electrons. The first-order valence-corrected chi connectivity index (χ1v) is 5.90. The summed E-state index contributed by atoms with van der Waals surface area (Å²) in [5.41, 5.74) is 1.26. The molecule has 0 aliphatic carbocycles. The van der Waals surface area contributed by atoms with Gasteiger partial charge in [0.1, 0.15) is 0 Å². The van der Waals surface area contributed by atoms with Crippen LogP contribution >= 0.6 is 0 Å². The maximum atomic E-state index is 10.6. The molecule has 0 amide bonds. The van der Waals surface area contributed by atoms with E-state index in [0.29, 0.717) is 19.4 Å². The van der Waals surface area contributed by atoms with Gasteiger partial charge in [0.05, 0.1) is 18.3 Å². The van der Waals surface area contributed by atoms with Crippen molar-refractivity contribution in [3.05, 3.63) is 29.6 Å². The van der Waals surface area contributed by atoms with Gasteiger partial charge in [-0.1, -0.05) is 13.0 Å². The SMILES string of the molecule is CCC1CC(O)(c2cncc(C)c2)CCO1. The van der Waals surface area contributed by atoms with Gasteiger partial charge in [-0.3, -0.25) is 4.98 Å². The van der Waals surface area contributed by atoms with Crippen LogP contribution < -0.4 is 0 Å². The summed E-state index contributed by atoms with van der Waals surface area (Å²) >= 11 is 0. The molecule has 1 aromatic heterocycles.